The van der Waals surface area contributed by atoms with Gasteiger partial charge in [0, 0.05) is 53.1 Å². The standard InChI is InChI=1S/C32H54N4O16/c1-25(37)19-35(7-13-49-27(3)39)9-15-51-32(44)24-48-22-30(42)34-6-12-46-18-17-45-11-5-33-29(41)20-36(8-14-50-28(4)40)10-16-52-31(43)23-47-21-26(2)38/h5-24H2,1-4H3,(H,33,41)(H,34,42). The van der Waals surface area contributed by atoms with Crippen LogP contribution in [0.2, 0.25) is 0 Å². The zero-order valence-corrected chi connectivity index (χ0v) is 30.6. The van der Waals surface area contributed by atoms with E-state index in [0.717, 1.165) is 0 Å². The maximum absolute atomic E-state index is 12.4. The zero-order valence-electron chi connectivity index (χ0n) is 30.6. The minimum Gasteiger partial charge on any atom is -0.465 e. The second-order valence-electron chi connectivity index (χ2n) is 11.0. The van der Waals surface area contributed by atoms with Crippen molar-refractivity contribution in [3.05, 3.63) is 0 Å². The fourth-order valence-electron chi connectivity index (χ4n) is 3.81. The highest BCUT2D eigenvalue weighted by Crippen LogP contribution is 1.94. The predicted octanol–water partition coefficient (Wildman–Crippen LogP) is -2.72. The van der Waals surface area contributed by atoms with Crippen molar-refractivity contribution in [1.82, 2.24) is 20.4 Å². The van der Waals surface area contributed by atoms with E-state index in [4.69, 9.17) is 37.9 Å². The fraction of sp³-hybridized carbons (Fsp3) is 0.750. The second kappa shape index (κ2) is 31.6. The molecule has 0 saturated heterocycles. The number of nitrogens with zero attached hydrogens (tertiary/aromatic N) is 2. The van der Waals surface area contributed by atoms with Crippen LogP contribution in [0.25, 0.3) is 0 Å². The fourth-order valence-corrected chi connectivity index (χ4v) is 3.81. The maximum Gasteiger partial charge on any atom is 0.332 e. The van der Waals surface area contributed by atoms with Gasteiger partial charge < -0.3 is 48.5 Å². The van der Waals surface area contributed by atoms with Crippen LogP contribution in [0.4, 0.5) is 0 Å². The van der Waals surface area contributed by atoms with Crippen molar-refractivity contribution in [2.45, 2.75) is 27.7 Å². The van der Waals surface area contributed by atoms with Crippen LogP contribution in [0, 0.1) is 0 Å². The third-order valence-corrected chi connectivity index (χ3v) is 6.07. The summed E-state index contributed by atoms with van der Waals surface area (Å²) in [5, 5.41) is 5.27. The van der Waals surface area contributed by atoms with Gasteiger partial charge >= 0.3 is 23.9 Å². The molecule has 0 saturated carbocycles. The molecular formula is C32H54N4O16. The van der Waals surface area contributed by atoms with Crippen molar-refractivity contribution < 1.29 is 76.3 Å². The first-order valence-corrected chi connectivity index (χ1v) is 16.6. The van der Waals surface area contributed by atoms with Gasteiger partial charge in [-0.05, 0) is 13.8 Å². The van der Waals surface area contributed by atoms with Crippen molar-refractivity contribution in [3.63, 3.8) is 0 Å². The minimum absolute atomic E-state index is 0.0129. The van der Waals surface area contributed by atoms with Crippen LogP contribution < -0.4 is 10.6 Å². The van der Waals surface area contributed by atoms with Crippen molar-refractivity contribution in [1.29, 1.82) is 0 Å². The van der Waals surface area contributed by atoms with E-state index in [1.165, 1.54) is 27.7 Å². The van der Waals surface area contributed by atoms with E-state index in [1.807, 2.05) is 0 Å². The molecule has 0 unspecified atom stereocenters. The van der Waals surface area contributed by atoms with Crippen molar-refractivity contribution in [2.75, 3.05) is 132 Å². The zero-order chi connectivity index (χ0) is 39.0. The summed E-state index contributed by atoms with van der Waals surface area (Å²) in [6, 6.07) is 0. The highest BCUT2D eigenvalue weighted by Gasteiger charge is 2.14. The van der Waals surface area contributed by atoms with Crippen molar-refractivity contribution in [2.24, 2.45) is 0 Å². The van der Waals surface area contributed by atoms with E-state index in [-0.39, 0.29) is 136 Å². The molecule has 0 fully saturated rings. The molecule has 298 valence electrons. The summed E-state index contributed by atoms with van der Waals surface area (Å²) < 4.78 is 40.6. The molecule has 0 atom stereocenters. The monoisotopic (exact) mass is 750 g/mol. The first-order chi connectivity index (χ1) is 24.8. The van der Waals surface area contributed by atoms with Gasteiger partial charge in [0.2, 0.25) is 11.8 Å². The number of ether oxygens (including phenoxy) is 8. The van der Waals surface area contributed by atoms with E-state index < -0.39 is 36.4 Å². The summed E-state index contributed by atoms with van der Waals surface area (Å²) in [6.07, 6.45) is 0. The lowest BCUT2D eigenvalue weighted by Gasteiger charge is -2.21. The molecule has 0 heterocycles. The molecule has 0 aliphatic rings. The van der Waals surface area contributed by atoms with Gasteiger partial charge in [-0.2, -0.15) is 0 Å². The summed E-state index contributed by atoms with van der Waals surface area (Å²) in [4.78, 5) is 95.4. The molecule has 0 aliphatic heterocycles. The van der Waals surface area contributed by atoms with Crippen LogP contribution in [0.15, 0.2) is 0 Å². The number of esters is 4. The van der Waals surface area contributed by atoms with Gasteiger partial charge in [-0.1, -0.05) is 0 Å². The van der Waals surface area contributed by atoms with Gasteiger partial charge in [-0.3, -0.25) is 38.6 Å². The lowest BCUT2D eigenvalue weighted by atomic mass is 10.4. The molecular weight excluding hydrogens is 696 g/mol. The summed E-state index contributed by atoms with van der Waals surface area (Å²) in [5.74, 6) is -3.32. The number of ketones is 2. The summed E-state index contributed by atoms with van der Waals surface area (Å²) in [5.41, 5.74) is 0. The molecule has 20 nitrogen and oxygen atoms in total. The number of hydrogen-bond donors (Lipinski definition) is 2. The molecule has 2 N–H and O–H groups in total. The van der Waals surface area contributed by atoms with E-state index in [1.54, 1.807) is 9.80 Å². The second-order valence-corrected chi connectivity index (χ2v) is 11.0. The Labute approximate surface area is 303 Å². The van der Waals surface area contributed by atoms with Gasteiger partial charge in [0.25, 0.3) is 0 Å². The minimum atomic E-state index is -0.678. The van der Waals surface area contributed by atoms with E-state index >= 15 is 0 Å². The Bertz CT molecular complexity index is 1110. The number of rotatable bonds is 33. The molecule has 0 aromatic rings. The van der Waals surface area contributed by atoms with Crippen LogP contribution in [-0.2, 0) is 76.3 Å². The summed E-state index contributed by atoms with van der Waals surface area (Å²) in [7, 11) is 0. The Balaban J connectivity index is 3.98. The Morgan fingerprint density at radius 3 is 1.29 bits per heavy atom. The molecule has 0 aromatic heterocycles. The lowest BCUT2D eigenvalue weighted by molar-refractivity contribution is -0.151. The molecule has 0 rings (SSSR count). The lowest BCUT2D eigenvalue weighted by Crippen LogP contribution is -2.41. The average Bonchev–Trinajstić information content (AvgIpc) is 3.04. The molecule has 0 bridgehead atoms. The predicted molar refractivity (Wildman–Crippen MR) is 179 cm³/mol. The topological polar surface area (TPSA) is 241 Å². The Morgan fingerprint density at radius 1 is 0.423 bits per heavy atom. The highest BCUT2D eigenvalue weighted by molar-refractivity contribution is 5.79. The molecule has 2 amide bonds. The number of Topliss-reactive ketones (excluding diaryl/α,β-unsaturated/α-hetero) is 2. The average molecular weight is 751 g/mol. The molecule has 52 heavy (non-hydrogen) atoms. The first-order valence-electron chi connectivity index (χ1n) is 16.6. The quantitative estimate of drug-likeness (QED) is 0.0393. The first kappa shape index (κ1) is 47.9. The molecule has 0 aromatic carbocycles. The van der Waals surface area contributed by atoms with Crippen LogP contribution >= 0.6 is 0 Å². The number of amides is 2. The van der Waals surface area contributed by atoms with Crippen LogP contribution in [-0.4, -0.2) is 189 Å². The molecule has 0 radical (unpaired) electrons. The molecule has 0 spiro atoms. The van der Waals surface area contributed by atoms with Crippen LogP contribution in [0.3, 0.4) is 0 Å². The number of carbonyl (C=O) groups excluding carboxylic acids is 8. The van der Waals surface area contributed by atoms with E-state index in [0.29, 0.717) is 6.54 Å². The van der Waals surface area contributed by atoms with Gasteiger partial charge in [0.15, 0.2) is 5.78 Å². The summed E-state index contributed by atoms with van der Waals surface area (Å²) in [6.45, 7) is 6.38. The van der Waals surface area contributed by atoms with Gasteiger partial charge in [0.05, 0.1) is 39.5 Å². The Kier molecular flexibility index (Phi) is 29.2. The number of hydrogen-bond acceptors (Lipinski definition) is 18. The smallest absolute Gasteiger partial charge is 0.332 e. The number of carbonyl (C=O) groups is 8. The normalized spacial score (nSPS) is 10.8. The van der Waals surface area contributed by atoms with Gasteiger partial charge in [0.1, 0.15) is 58.6 Å². The summed E-state index contributed by atoms with van der Waals surface area (Å²) >= 11 is 0. The molecule has 0 aliphatic carbocycles. The maximum atomic E-state index is 12.4. The third-order valence-electron chi connectivity index (χ3n) is 6.07. The van der Waals surface area contributed by atoms with Crippen LogP contribution in [0.5, 0.6) is 0 Å². The third kappa shape index (κ3) is 33.1. The Hall–Kier alpha value is -4.08. The SMILES string of the molecule is CC(=O)COCC(=O)OCCN(CCOC(C)=O)CC(=O)NCCOCCOCCNC(=O)COCC(=O)OCCN(CCOC(C)=O)CC(C)=O. The molecule has 20 heteroatoms. The highest BCUT2D eigenvalue weighted by atomic mass is 16.6. The van der Waals surface area contributed by atoms with Gasteiger partial charge in [-0.25, -0.2) is 9.59 Å². The van der Waals surface area contributed by atoms with Crippen molar-refractivity contribution >= 4 is 47.3 Å². The van der Waals surface area contributed by atoms with Crippen molar-refractivity contribution in [3.8, 4) is 0 Å². The van der Waals surface area contributed by atoms with Crippen LogP contribution in [0.1, 0.15) is 27.7 Å². The van der Waals surface area contributed by atoms with E-state index in [9.17, 15) is 38.4 Å². The van der Waals surface area contributed by atoms with Gasteiger partial charge in [-0.15, -0.1) is 0 Å². The van der Waals surface area contributed by atoms with E-state index in [2.05, 4.69) is 10.6 Å². The Morgan fingerprint density at radius 2 is 0.846 bits per heavy atom. The largest absolute Gasteiger partial charge is 0.465 e. The number of nitrogens with one attached hydrogen (secondary N) is 2.